The van der Waals surface area contributed by atoms with Crippen LogP contribution in [-0.2, 0) is 7.05 Å². The molecule has 9 heteroatoms. The van der Waals surface area contributed by atoms with Crippen molar-refractivity contribution in [2.24, 2.45) is 7.05 Å². The Kier molecular flexibility index (Phi) is 5.21. The van der Waals surface area contributed by atoms with Gasteiger partial charge in [0.25, 0.3) is 0 Å². The van der Waals surface area contributed by atoms with Crippen molar-refractivity contribution in [1.29, 1.82) is 0 Å². The number of ether oxygens (including phenoxy) is 1. The van der Waals surface area contributed by atoms with Crippen molar-refractivity contribution in [2.45, 2.75) is 45.1 Å². The van der Waals surface area contributed by atoms with Crippen molar-refractivity contribution in [3.8, 4) is 17.0 Å². The average molecular weight is 459 g/mol. The third-order valence-electron chi connectivity index (χ3n) is 6.82. The lowest BCUT2D eigenvalue weighted by molar-refractivity contribution is 0.0563. The SMILES string of the molecule is CCN1CC[C@@H]1COc1cnn(C)c1-c1ccn2nc(Nc3cc(C)nc(C4CC4)n3)cc2c1. The van der Waals surface area contributed by atoms with E-state index in [0.717, 1.165) is 58.8 Å². The van der Waals surface area contributed by atoms with Crippen LogP contribution >= 0.6 is 0 Å². The van der Waals surface area contributed by atoms with Gasteiger partial charge in [-0.05, 0) is 44.9 Å². The van der Waals surface area contributed by atoms with Crippen LogP contribution in [0.2, 0.25) is 0 Å². The summed E-state index contributed by atoms with van der Waals surface area (Å²) in [6.07, 6.45) is 7.33. The van der Waals surface area contributed by atoms with Crippen LogP contribution in [0.25, 0.3) is 16.8 Å². The summed E-state index contributed by atoms with van der Waals surface area (Å²) in [5, 5.41) is 12.5. The fraction of sp³-hybridized carbons (Fsp3) is 0.440. The number of fused-ring (bicyclic) bond motifs is 1. The highest BCUT2D eigenvalue weighted by Gasteiger charge is 2.28. The Hall–Kier alpha value is -3.46. The minimum absolute atomic E-state index is 0.495. The summed E-state index contributed by atoms with van der Waals surface area (Å²) in [6.45, 7) is 7.13. The van der Waals surface area contributed by atoms with Crippen LogP contribution in [0.15, 0.2) is 36.7 Å². The quantitative estimate of drug-likeness (QED) is 0.428. The Balaban J connectivity index is 1.24. The maximum Gasteiger partial charge on any atom is 0.165 e. The molecular formula is C25H30N8O. The molecular weight excluding hydrogens is 428 g/mol. The van der Waals surface area contributed by atoms with Gasteiger partial charge < -0.3 is 10.1 Å². The van der Waals surface area contributed by atoms with Gasteiger partial charge in [0.1, 0.15) is 23.9 Å². The topological polar surface area (TPSA) is 85.4 Å². The molecule has 0 radical (unpaired) electrons. The lowest BCUT2D eigenvalue weighted by Crippen LogP contribution is -2.50. The van der Waals surface area contributed by atoms with Crippen molar-refractivity contribution in [3.05, 3.63) is 48.2 Å². The molecule has 5 heterocycles. The molecule has 34 heavy (non-hydrogen) atoms. The Morgan fingerprint density at radius 3 is 2.76 bits per heavy atom. The number of anilines is 2. The molecule has 9 nitrogen and oxygen atoms in total. The summed E-state index contributed by atoms with van der Waals surface area (Å²) in [6, 6.07) is 8.65. The van der Waals surface area contributed by atoms with Crippen molar-refractivity contribution in [2.75, 3.05) is 25.0 Å². The number of pyridine rings is 1. The maximum atomic E-state index is 6.22. The summed E-state index contributed by atoms with van der Waals surface area (Å²) >= 11 is 0. The predicted octanol–water partition coefficient (Wildman–Crippen LogP) is 3.93. The van der Waals surface area contributed by atoms with Crippen LogP contribution in [0.1, 0.15) is 43.6 Å². The number of hydrogen-bond acceptors (Lipinski definition) is 7. The normalized spacial score (nSPS) is 18.3. The van der Waals surface area contributed by atoms with E-state index in [0.29, 0.717) is 18.6 Å². The molecule has 1 saturated carbocycles. The van der Waals surface area contributed by atoms with E-state index in [1.54, 1.807) is 0 Å². The lowest BCUT2D eigenvalue weighted by atomic mass is 10.0. The number of nitrogens with zero attached hydrogens (tertiary/aromatic N) is 7. The molecule has 6 rings (SSSR count). The van der Waals surface area contributed by atoms with Gasteiger partial charge >= 0.3 is 0 Å². The van der Waals surface area contributed by atoms with E-state index in [9.17, 15) is 0 Å². The molecule has 0 bridgehead atoms. The summed E-state index contributed by atoms with van der Waals surface area (Å²) in [5.41, 5.74) is 3.97. The molecule has 1 aliphatic carbocycles. The third-order valence-corrected chi connectivity index (χ3v) is 6.82. The molecule has 1 aliphatic heterocycles. The standard InChI is InChI=1S/C25H30N8O/c1-4-32-9-8-19(32)15-34-21-14-26-31(3)24(21)18-7-10-33-20(12-18)13-23(30-33)28-22-11-16(2)27-25(29-22)17-5-6-17/h7,10-14,17,19H,4-6,8-9,15H2,1-3H3,(H,27,28,29,30)/t19-/m1/s1. The second kappa shape index (κ2) is 8.39. The van der Waals surface area contributed by atoms with Gasteiger partial charge in [-0.3, -0.25) is 9.58 Å². The molecule has 1 atom stereocenters. The Labute approximate surface area is 198 Å². The summed E-state index contributed by atoms with van der Waals surface area (Å²) in [7, 11) is 1.95. The van der Waals surface area contributed by atoms with Crippen LogP contribution in [0.5, 0.6) is 5.75 Å². The highest BCUT2D eigenvalue weighted by Crippen LogP contribution is 2.38. The fourth-order valence-electron chi connectivity index (χ4n) is 4.65. The van der Waals surface area contributed by atoms with E-state index < -0.39 is 0 Å². The smallest absolute Gasteiger partial charge is 0.165 e. The van der Waals surface area contributed by atoms with Gasteiger partial charge in [-0.25, -0.2) is 14.5 Å². The van der Waals surface area contributed by atoms with Gasteiger partial charge in [-0.2, -0.15) is 10.2 Å². The summed E-state index contributed by atoms with van der Waals surface area (Å²) < 4.78 is 9.96. The molecule has 0 amide bonds. The highest BCUT2D eigenvalue weighted by molar-refractivity contribution is 5.72. The molecule has 1 saturated heterocycles. The monoisotopic (exact) mass is 458 g/mol. The number of nitrogens with one attached hydrogen (secondary N) is 1. The lowest BCUT2D eigenvalue weighted by Gasteiger charge is -2.39. The zero-order chi connectivity index (χ0) is 23.2. The first-order valence-corrected chi connectivity index (χ1v) is 12.1. The molecule has 1 N–H and O–H groups in total. The molecule has 0 spiro atoms. The Morgan fingerprint density at radius 1 is 1.12 bits per heavy atom. The maximum absolute atomic E-state index is 6.22. The van der Waals surface area contributed by atoms with Crippen molar-refractivity contribution >= 4 is 17.2 Å². The second-order valence-corrected chi connectivity index (χ2v) is 9.33. The van der Waals surface area contributed by atoms with Crippen molar-refractivity contribution in [3.63, 3.8) is 0 Å². The minimum Gasteiger partial charge on any atom is -0.488 e. The number of aryl methyl sites for hydroxylation is 2. The fourth-order valence-corrected chi connectivity index (χ4v) is 4.65. The first-order chi connectivity index (χ1) is 16.6. The number of rotatable bonds is 8. The van der Waals surface area contributed by atoms with Crippen molar-refractivity contribution < 1.29 is 4.74 Å². The largest absolute Gasteiger partial charge is 0.488 e. The zero-order valence-electron chi connectivity index (χ0n) is 19.9. The van der Waals surface area contributed by atoms with Gasteiger partial charge in [0.15, 0.2) is 11.6 Å². The number of hydrogen-bond donors (Lipinski definition) is 1. The molecule has 176 valence electrons. The van der Waals surface area contributed by atoms with Crippen LogP contribution in [-0.4, -0.2) is 60.0 Å². The molecule has 0 unspecified atom stereocenters. The van der Waals surface area contributed by atoms with Gasteiger partial charge in [0.05, 0.1) is 11.7 Å². The Morgan fingerprint density at radius 2 is 2.00 bits per heavy atom. The van der Waals surface area contributed by atoms with E-state index in [-0.39, 0.29) is 0 Å². The first kappa shape index (κ1) is 21.1. The number of aromatic nitrogens is 6. The van der Waals surface area contributed by atoms with Crippen LogP contribution in [0.4, 0.5) is 11.6 Å². The van der Waals surface area contributed by atoms with E-state index in [1.165, 1.54) is 19.3 Å². The van der Waals surface area contributed by atoms with E-state index >= 15 is 0 Å². The zero-order valence-corrected chi connectivity index (χ0v) is 19.9. The molecule has 2 aliphatic rings. The summed E-state index contributed by atoms with van der Waals surface area (Å²) in [4.78, 5) is 11.7. The number of likely N-dealkylation sites (N-methyl/N-ethyl adjacent to an activating group) is 1. The van der Waals surface area contributed by atoms with Crippen LogP contribution in [0, 0.1) is 6.92 Å². The number of likely N-dealkylation sites (tertiary alicyclic amines) is 1. The van der Waals surface area contributed by atoms with Crippen LogP contribution in [0.3, 0.4) is 0 Å². The highest BCUT2D eigenvalue weighted by atomic mass is 16.5. The average Bonchev–Trinajstić information content (AvgIpc) is 3.47. The van der Waals surface area contributed by atoms with Crippen LogP contribution < -0.4 is 10.1 Å². The van der Waals surface area contributed by atoms with Gasteiger partial charge in [-0.15, -0.1) is 0 Å². The molecule has 4 aromatic heterocycles. The van der Waals surface area contributed by atoms with Crippen molar-refractivity contribution in [1.82, 2.24) is 34.3 Å². The second-order valence-electron chi connectivity index (χ2n) is 9.33. The molecule has 0 aromatic carbocycles. The summed E-state index contributed by atoms with van der Waals surface area (Å²) in [5.74, 6) is 3.80. The van der Waals surface area contributed by atoms with Gasteiger partial charge in [0.2, 0.25) is 0 Å². The first-order valence-electron chi connectivity index (χ1n) is 12.1. The molecule has 2 fully saturated rings. The van der Waals surface area contributed by atoms with Gasteiger partial charge in [-0.1, -0.05) is 6.92 Å². The van der Waals surface area contributed by atoms with E-state index in [1.807, 2.05) is 47.7 Å². The third kappa shape index (κ3) is 4.00. The minimum atomic E-state index is 0.495. The predicted molar refractivity (Wildman–Crippen MR) is 131 cm³/mol. The van der Waals surface area contributed by atoms with E-state index in [2.05, 4.69) is 44.5 Å². The molecule has 4 aromatic rings. The van der Waals surface area contributed by atoms with E-state index in [4.69, 9.17) is 9.72 Å². The Bertz CT molecular complexity index is 1340. The van der Waals surface area contributed by atoms with Gasteiger partial charge in [0, 0.05) is 55.1 Å².